The van der Waals surface area contributed by atoms with Crippen LogP contribution in [0.25, 0.3) is 0 Å². The van der Waals surface area contributed by atoms with Gasteiger partial charge >= 0.3 is 156 Å². The third kappa shape index (κ3) is 5.69. The van der Waals surface area contributed by atoms with Crippen molar-refractivity contribution in [3.63, 3.8) is 0 Å². The van der Waals surface area contributed by atoms with E-state index in [1.165, 1.54) is 51.4 Å². The average Bonchev–Trinajstić information content (AvgIpc) is 3.07. The summed E-state index contributed by atoms with van der Waals surface area (Å²) in [4.78, 5) is 0. The molecule has 140 valence electrons. The third-order valence-corrected chi connectivity index (χ3v) is 13.8. The summed E-state index contributed by atoms with van der Waals surface area (Å²) in [5, 5.41) is 0. The maximum absolute atomic E-state index is 2.62. The van der Waals surface area contributed by atoms with Crippen LogP contribution in [0.2, 0.25) is 6.34 Å². The van der Waals surface area contributed by atoms with Gasteiger partial charge in [-0.3, -0.25) is 0 Å². The Labute approximate surface area is 179 Å². The summed E-state index contributed by atoms with van der Waals surface area (Å²) in [6.07, 6.45) is 25.5. The van der Waals surface area contributed by atoms with Gasteiger partial charge in [0.2, 0.25) is 0 Å². The molecular formula is C22H34Cl2Hf. The van der Waals surface area contributed by atoms with E-state index >= 15 is 0 Å². The molecule has 0 heterocycles. The van der Waals surface area contributed by atoms with Gasteiger partial charge in [-0.15, -0.1) is 0 Å². The normalized spacial score (nSPS) is 26.6. The van der Waals surface area contributed by atoms with E-state index in [0.29, 0.717) is 6.34 Å². The van der Waals surface area contributed by atoms with E-state index in [4.69, 9.17) is 0 Å². The molecule has 25 heavy (non-hydrogen) atoms. The van der Waals surface area contributed by atoms with Crippen molar-refractivity contribution in [2.45, 2.75) is 85.4 Å². The molecule has 0 aromatic rings. The molecule has 0 saturated carbocycles. The molecule has 0 aliphatic heterocycles. The maximum Gasteiger partial charge on any atom is -1.00 e. The van der Waals surface area contributed by atoms with E-state index in [0.717, 1.165) is 0 Å². The van der Waals surface area contributed by atoms with Crippen LogP contribution in [-0.2, 0) is 22.9 Å². The molecule has 0 amide bonds. The largest absolute Gasteiger partial charge is 1.00 e. The van der Waals surface area contributed by atoms with Gasteiger partial charge < -0.3 is 24.8 Å². The minimum atomic E-state index is -0.958. The number of halogens is 2. The van der Waals surface area contributed by atoms with Crippen LogP contribution in [0.1, 0.15) is 79.1 Å². The third-order valence-electron chi connectivity index (χ3n) is 5.28. The average molecular weight is 548 g/mol. The summed E-state index contributed by atoms with van der Waals surface area (Å²) in [7, 11) is 0. The van der Waals surface area contributed by atoms with Gasteiger partial charge in [-0.05, 0) is 0 Å². The summed E-state index contributed by atoms with van der Waals surface area (Å²) in [5.74, 6) is 0. The first-order valence-electron chi connectivity index (χ1n) is 9.73. The van der Waals surface area contributed by atoms with Crippen LogP contribution in [0.5, 0.6) is 0 Å². The minimum absolute atomic E-state index is 0. The number of hydrogen-bond donors (Lipinski definition) is 0. The van der Waals surface area contributed by atoms with Crippen molar-refractivity contribution >= 4 is 0 Å². The molecule has 0 aromatic carbocycles. The Morgan fingerprint density at radius 2 is 1.08 bits per heavy atom. The van der Waals surface area contributed by atoms with E-state index in [1.54, 1.807) is 11.1 Å². The molecule has 3 heteroatoms. The number of hydrogen-bond acceptors (Lipinski definition) is 0. The van der Waals surface area contributed by atoms with Gasteiger partial charge in [-0.1, -0.05) is 0 Å². The van der Waals surface area contributed by atoms with E-state index in [1.807, 2.05) is 0 Å². The Bertz CT molecular complexity index is 472. The zero-order valence-corrected chi connectivity index (χ0v) is 21.5. The first-order valence-corrected chi connectivity index (χ1v) is 13.3. The van der Waals surface area contributed by atoms with E-state index < -0.39 is 22.9 Å². The number of allylic oxidation sites excluding steroid dienone is 8. The second kappa shape index (κ2) is 12.0. The quantitative estimate of drug-likeness (QED) is 0.365. The van der Waals surface area contributed by atoms with Gasteiger partial charge in [-0.25, -0.2) is 0 Å². The monoisotopic (exact) mass is 548 g/mol. The smallest absolute Gasteiger partial charge is 1.00 e. The van der Waals surface area contributed by atoms with E-state index in [-0.39, 0.29) is 24.8 Å². The van der Waals surface area contributed by atoms with E-state index in [2.05, 4.69) is 64.2 Å². The zero-order chi connectivity index (χ0) is 16.8. The van der Waals surface area contributed by atoms with Crippen molar-refractivity contribution in [1.82, 2.24) is 0 Å². The van der Waals surface area contributed by atoms with Crippen molar-refractivity contribution in [3.8, 4) is 0 Å². The molecule has 2 aliphatic rings. The SMILES string of the molecule is CCCC1=CC=C[C]1(CCC)[Hf+2][C]1(CCC)C=CC=C1CCC.[Cl-].[Cl-]. The van der Waals surface area contributed by atoms with Crippen LogP contribution in [0.15, 0.2) is 47.6 Å². The second-order valence-electron chi connectivity index (χ2n) is 7.17. The minimum Gasteiger partial charge on any atom is -1.00 e. The molecule has 0 N–H and O–H groups in total. The van der Waals surface area contributed by atoms with E-state index in [9.17, 15) is 0 Å². The molecular weight excluding hydrogens is 514 g/mol. The van der Waals surface area contributed by atoms with Crippen LogP contribution in [0.3, 0.4) is 0 Å². The standard InChI is InChI=1S/2C11H17.2ClH.Hf/c2*1-3-6-10-8-5-9-11(10)7-4-2;;;/h2*5,8-9H,3-4,6-7H2,1-2H3;2*1H;/q;;;;+2/p-2. The molecule has 0 aromatic heterocycles. The van der Waals surface area contributed by atoms with Gasteiger partial charge in [0, 0.05) is 0 Å². The molecule has 0 fully saturated rings. The van der Waals surface area contributed by atoms with Crippen molar-refractivity contribution in [1.29, 1.82) is 0 Å². The van der Waals surface area contributed by atoms with Crippen LogP contribution < -0.4 is 24.8 Å². The van der Waals surface area contributed by atoms with Crippen molar-refractivity contribution in [3.05, 3.63) is 47.6 Å². The fourth-order valence-electron chi connectivity index (χ4n) is 4.36. The first kappa shape index (κ1) is 25.4. The molecule has 2 atom stereocenters. The van der Waals surface area contributed by atoms with Crippen LogP contribution in [-0.4, -0.2) is 0 Å². The van der Waals surface area contributed by atoms with Gasteiger partial charge in [0.25, 0.3) is 0 Å². The zero-order valence-electron chi connectivity index (χ0n) is 16.4. The predicted molar refractivity (Wildman–Crippen MR) is 99.5 cm³/mol. The summed E-state index contributed by atoms with van der Waals surface area (Å²) in [5.41, 5.74) is 3.55. The Morgan fingerprint density at radius 1 is 0.680 bits per heavy atom. The molecule has 0 radical (unpaired) electrons. The Balaban J connectivity index is 0.00000288. The first-order chi connectivity index (χ1) is 11.2. The fourth-order valence-corrected chi connectivity index (χ4v) is 13.9. The molecule has 2 unspecified atom stereocenters. The molecule has 2 aliphatic carbocycles. The molecule has 0 bridgehead atoms. The molecule has 0 spiro atoms. The summed E-state index contributed by atoms with van der Waals surface area (Å²) in [6, 6.07) is 0. The van der Waals surface area contributed by atoms with Gasteiger partial charge in [0.05, 0.1) is 0 Å². The predicted octanol–water partition coefficient (Wildman–Crippen LogP) is 1.59. The molecule has 2 rings (SSSR count). The summed E-state index contributed by atoms with van der Waals surface area (Å²) >= 11 is -0.958. The van der Waals surface area contributed by atoms with Crippen LogP contribution >= 0.6 is 0 Å². The fraction of sp³-hybridized carbons (Fsp3) is 0.636. The Hall–Kier alpha value is 0.410. The van der Waals surface area contributed by atoms with Gasteiger partial charge in [0.1, 0.15) is 0 Å². The van der Waals surface area contributed by atoms with Gasteiger partial charge in [-0.2, -0.15) is 0 Å². The summed E-state index contributed by atoms with van der Waals surface area (Å²) < 4.78 is 1.00. The maximum atomic E-state index is 2.62. The van der Waals surface area contributed by atoms with Crippen molar-refractivity contribution in [2.75, 3.05) is 0 Å². The Kier molecular flexibility index (Phi) is 12.2. The van der Waals surface area contributed by atoms with Gasteiger partial charge in [0.15, 0.2) is 0 Å². The van der Waals surface area contributed by atoms with Crippen molar-refractivity contribution in [2.24, 2.45) is 0 Å². The second-order valence-corrected chi connectivity index (χ2v) is 14.5. The van der Waals surface area contributed by atoms with Crippen molar-refractivity contribution < 1.29 is 47.7 Å². The van der Waals surface area contributed by atoms with Crippen LogP contribution in [0, 0.1) is 0 Å². The Morgan fingerprint density at radius 3 is 1.40 bits per heavy atom. The number of rotatable bonds is 10. The molecule has 0 saturated heterocycles. The summed E-state index contributed by atoms with van der Waals surface area (Å²) in [6.45, 7) is 9.42. The molecule has 0 nitrogen and oxygen atoms in total. The topological polar surface area (TPSA) is 0 Å². The van der Waals surface area contributed by atoms with Crippen LogP contribution in [0.4, 0.5) is 0 Å².